The Balaban J connectivity index is 1.79. The molecule has 0 radical (unpaired) electrons. The van der Waals surface area contributed by atoms with E-state index in [1.807, 2.05) is 0 Å². The maximum atomic E-state index is 12.0. The largest absolute Gasteiger partial charge is 0.355 e. The third-order valence-electron chi connectivity index (χ3n) is 4.64. The van der Waals surface area contributed by atoms with Crippen LogP contribution in [0.15, 0.2) is 0 Å². The summed E-state index contributed by atoms with van der Waals surface area (Å²) in [5.41, 5.74) is 6.15. The first kappa shape index (κ1) is 11.9. The fraction of sp³-hybridized carbons (Fsp3) is 0.923. The van der Waals surface area contributed by atoms with Crippen LogP contribution in [0.4, 0.5) is 0 Å². The van der Waals surface area contributed by atoms with Crippen molar-refractivity contribution < 1.29 is 4.79 Å². The molecule has 16 heavy (non-hydrogen) atoms. The van der Waals surface area contributed by atoms with Crippen LogP contribution in [-0.4, -0.2) is 19.0 Å². The second-order valence-electron chi connectivity index (χ2n) is 5.60. The summed E-state index contributed by atoms with van der Waals surface area (Å²) < 4.78 is 0. The Morgan fingerprint density at radius 3 is 2.75 bits per heavy atom. The van der Waals surface area contributed by atoms with Crippen molar-refractivity contribution in [1.82, 2.24) is 5.32 Å². The predicted molar refractivity (Wildman–Crippen MR) is 64.9 cm³/mol. The van der Waals surface area contributed by atoms with Gasteiger partial charge in [0.05, 0.1) is 0 Å². The van der Waals surface area contributed by atoms with Gasteiger partial charge in [0, 0.05) is 12.5 Å². The summed E-state index contributed by atoms with van der Waals surface area (Å²) in [6.45, 7) is 3.77. The summed E-state index contributed by atoms with van der Waals surface area (Å²) in [6, 6.07) is 0. The average Bonchev–Trinajstić information content (AvgIpc) is 2.94. The molecule has 2 saturated carbocycles. The summed E-state index contributed by atoms with van der Waals surface area (Å²) in [5, 5.41) is 3.15. The van der Waals surface area contributed by atoms with Gasteiger partial charge in [-0.05, 0) is 50.0 Å². The van der Waals surface area contributed by atoms with Gasteiger partial charge in [0.1, 0.15) is 0 Å². The second kappa shape index (κ2) is 4.74. The summed E-state index contributed by atoms with van der Waals surface area (Å²) in [5.74, 6) is 0.877. The molecule has 3 N–H and O–H groups in total. The molecule has 2 aliphatic rings. The van der Waals surface area contributed by atoms with Crippen LogP contribution in [0.25, 0.3) is 0 Å². The highest BCUT2D eigenvalue weighted by molar-refractivity contribution is 5.79. The number of hydrogen-bond donors (Lipinski definition) is 2. The molecule has 1 amide bonds. The Morgan fingerprint density at radius 2 is 2.19 bits per heavy atom. The minimum Gasteiger partial charge on any atom is -0.355 e. The van der Waals surface area contributed by atoms with Crippen molar-refractivity contribution in [3.05, 3.63) is 0 Å². The van der Waals surface area contributed by atoms with Crippen LogP contribution in [0.2, 0.25) is 0 Å². The van der Waals surface area contributed by atoms with E-state index in [9.17, 15) is 4.79 Å². The molecule has 3 heteroatoms. The molecule has 0 aromatic rings. The predicted octanol–water partition coefficient (Wildman–Crippen LogP) is 1.67. The minimum atomic E-state index is 0.192. The van der Waals surface area contributed by atoms with Crippen molar-refractivity contribution in [3.63, 3.8) is 0 Å². The van der Waals surface area contributed by atoms with Gasteiger partial charge in [0.15, 0.2) is 0 Å². The van der Waals surface area contributed by atoms with Crippen molar-refractivity contribution in [2.24, 2.45) is 23.0 Å². The van der Waals surface area contributed by atoms with Crippen LogP contribution in [0.5, 0.6) is 0 Å². The molecule has 0 heterocycles. The third-order valence-corrected chi connectivity index (χ3v) is 4.64. The van der Waals surface area contributed by atoms with E-state index in [1.165, 1.54) is 25.7 Å². The Hall–Kier alpha value is -0.570. The molecule has 0 spiro atoms. The second-order valence-corrected chi connectivity index (χ2v) is 5.60. The number of nitrogens with two attached hydrogens (primary N) is 1. The van der Waals surface area contributed by atoms with Crippen LogP contribution in [0.1, 0.15) is 45.4 Å². The highest BCUT2D eigenvalue weighted by Crippen LogP contribution is 2.48. The van der Waals surface area contributed by atoms with Gasteiger partial charge in [0.2, 0.25) is 5.91 Å². The first-order chi connectivity index (χ1) is 7.71. The molecule has 0 aromatic heterocycles. The molecule has 2 aliphatic carbocycles. The van der Waals surface area contributed by atoms with Crippen molar-refractivity contribution in [2.75, 3.05) is 13.1 Å². The Labute approximate surface area is 98.2 Å². The van der Waals surface area contributed by atoms with Crippen LogP contribution in [-0.2, 0) is 4.79 Å². The lowest BCUT2D eigenvalue weighted by Crippen LogP contribution is -2.38. The maximum absolute atomic E-state index is 12.0. The highest BCUT2D eigenvalue weighted by atomic mass is 16.1. The Bertz CT molecular complexity index is 261. The van der Waals surface area contributed by atoms with Crippen molar-refractivity contribution in [3.8, 4) is 0 Å². The number of carbonyl (C=O) groups excluding carboxylic acids is 1. The summed E-state index contributed by atoms with van der Waals surface area (Å²) >= 11 is 0. The third kappa shape index (κ3) is 2.40. The monoisotopic (exact) mass is 224 g/mol. The standard InChI is InChI=1S/C13H24N2O/c1-2-13(6-7-13)9-15-12(16)11-5-3-4-10(11)8-14/h10-11H,2-9,14H2,1H3,(H,15,16). The van der Waals surface area contributed by atoms with E-state index in [0.717, 1.165) is 19.4 Å². The van der Waals surface area contributed by atoms with E-state index in [2.05, 4.69) is 12.2 Å². The summed E-state index contributed by atoms with van der Waals surface area (Å²) in [6.07, 6.45) is 7.10. The molecule has 3 nitrogen and oxygen atoms in total. The number of nitrogens with one attached hydrogen (secondary N) is 1. The maximum Gasteiger partial charge on any atom is 0.223 e. The smallest absolute Gasteiger partial charge is 0.223 e. The lowest BCUT2D eigenvalue weighted by Gasteiger charge is -2.20. The molecule has 0 aliphatic heterocycles. The van der Waals surface area contributed by atoms with Crippen LogP contribution >= 0.6 is 0 Å². The summed E-state index contributed by atoms with van der Waals surface area (Å²) in [7, 11) is 0. The Morgan fingerprint density at radius 1 is 1.44 bits per heavy atom. The fourth-order valence-electron chi connectivity index (χ4n) is 2.90. The first-order valence-electron chi connectivity index (χ1n) is 6.68. The number of amides is 1. The lowest BCUT2D eigenvalue weighted by molar-refractivity contribution is -0.126. The molecule has 2 unspecified atom stereocenters. The number of carbonyl (C=O) groups is 1. The number of rotatable bonds is 5. The van der Waals surface area contributed by atoms with E-state index >= 15 is 0 Å². The zero-order chi connectivity index (χ0) is 11.6. The van der Waals surface area contributed by atoms with Crippen molar-refractivity contribution >= 4 is 5.91 Å². The van der Waals surface area contributed by atoms with Crippen LogP contribution in [0.3, 0.4) is 0 Å². The molecule has 0 bridgehead atoms. The van der Waals surface area contributed by atoms with Crippen molar-refractivity contribution in [2.45, 2.75) is 45.4 Å². The van der Waals surface area contributed by atoms with E-state index in [4.69, 9.17) is 5.73 Å². The molecular weight excluding hydrogens is 200 g/mol. The quantitative estimate of drug-likeness (QED) is 0.746. The SMILES string of the molecule is CCC1(CNC(=O)C2CCCC2CN)CC1. The molecule has 2 atom stereocenters. The number of hydrogen-bond acceptors (Lipinski definition) is 2. The van der Waals surface area contributed by atoms with Gasteiger partial charge in [0.25, 0.3) is 0 Å². The summed E-state index contributed by atoms with van der Waals surface area (Å²) in [4.78, 5) is 12.0. The van der Waals surface area contributed by atoms with Gasteiger partial charge in [-0.25, -0.2) is 0 Å². The zero-order valence-electron chi connectivity index (χ0n) is 10.3. The molecule has 2 fully saturated rings. The van der Waals surface area contributed by atoms with Gasteiger partial charge in [-0.2, -0.15) is 0 Å². The van der Waals surface area contributed by atoms with Crippen molar-refractivity contribution in [1.29, 1.82) is 0 Å². The highest BCUT2D eigenvalue weighted by Gasteiger charge is 2.41. The van der Waals surface area contributed by atoms with Crippen LogP contribution in [0, 0.1) is 17.3 Å². The van der Waals surface area contributed by atoms with Crippen LogP contribution < -0.4 is 11.1 Å². The van der Waals surface area contributed by atoms with Gasteiger partial charge < -0.3 is 11.1 Å². The molecular formula is C13H24N2O. The zero-order valence-corrected chi connectivity index (χ0v) is 10.3. The van der Waals surface area contributed by atoms with Gasteiger partial charge in [-0.3, -0.25) is 4.79 Å². The fourth-order valence-corrected chi connectivity index (χ4v) is 2.90. The molecule has 2 rings (SSSR count). The molecule has 92 valence electrons. The van der Waals surface area contributed by atoms with E-state index < -0.39 is 0 Å². The minimum absolute atomic E-state index is 0.192. The molecule has 0 aromatic carbocycles. The van der Waals surface area contributed by atoms with E-state index in [-0.39, 0.29) is 11.8 Å². The lowest BCUT2D eigenvalue weighted by atomic mass is 9.95. The molecule has 0 saturated heterocycles. The van der Waals surface area contributed by atoms with Gasteiger partial charge in [-0.1, -0.05) is 13.3 Å². The normalized spacial score (nSPS) is 31.4. The van der Waals surface area contributed by atoms with E-state index in [0.29, 0.717) is 17.9 Å². The topological polar surface area (TPSA) is 55.1 Å². The first-order valence-corrected chi connectivity index (χ1v) is 6.68. The van der Waals surface area contributed by atoms with E-state index in [1.54, 1.807) is 0 Å². The van der Waals surface area contributed by atoms with Gasteiger partial charge >= 0.3 is 0 Å². The van der Waals surface area contributed by atoms with Gasteiger partial charge in [-0.15, -0.1) is 0 Å². The Kier molecular flexibility index (Phi) is 3.53. The average molecular weight is 224 g/mol.